The van der Waals surface area contributed by atoms with Gasteiger partial charge < -0.3 is 4.55 Å². The molecule has 0 heterocycles. The number of benzene rings is 1. The summed E-state index contributed by atoms with van der Waals surface area (Å²) in [5, 5.41) is 0.660. The molecule has 0 aliphatic carbocycles. The first-order chi connectivity index (χ1) is 5.11. The van der Waals surface area contributed by atoms with E-state index in [0.29, 0.717) is 5.02 Å². The molecule has 0 saturated carbocycles. The lowest BCUT2D eigenvalue weighted by atomic mass is 10.4. The minimum absolute atomic E-state index is 0.249. The first kappa shape index (κ1) is 9.00. The molecule has 0 radical (unpaired) electrons. The summed E-state index contributed by atoms with van der Waals surface area (Å²) in [4.78, 5) is 0.249. The molecule has 0 spiro atoms. The number of hydrogen-bond acceptors (Lipinski definition) is 1. The third-order valence-corrected chi connectivity index (χ3v) is 2.49. The highest BCUT2D eigenvalue weighted by molar-refractivity contribution is 7.79. The Labute approximate surface area is 76.4 Å². The average Bonchev–Trinajstić information content (AvgIpc) is 1.94. The van der Waals surface area contributed by atoms with Crippen LogP contribution in [-0.2, 0) is 11.1 Å². The van der Waals surface area contributed by atoms with Crippen LogP contribution < -0.4 is 0 Å². The Morgan fingerprint density at radius 2 is 1.91 bits per heavy atom. The lowest BCUT2D eigenvalue weighted by Gasteiger charge is -1.96. The molecule has 1 unspecified atom stereocenters. The Morgan fingerprint density at radius 3 is 2.36 bits per heavy atom. The van der Waals surface area contributed by atoms with Crippen LogP contribution in [0.4, 0.5) is 0 Å². The molecule has 0 aliphatic rings. The smallest absolute Gasteiger partial charge is 0.186 e. The predicted molar refractivity (Wildman–Crippen MR) is 45.5 cm³/mol. The second-order valence-corrected chi connectivity index (χ2v) is 3.61. The lowest BCUT2D eigenvalue weighted by molar-refractivity contribution is 0.564. The maximum Gasteiger partial charge on any atom is 0.186 e. The van der Waals surface area contributed by atoms with Gasteiger partial charge in [-0.3, -0.25) is 0 Å². The van der Waals surface area contributed by atoms with Crippen LogP contribution in [0.25, 0.3) is 0 Å². The fraction of sp³-hybridized carbons (Fsp3) is 0. The molecule has 0 aromatic heterocycles. The topological polar surface area (TPSA) is 37.3 Å². The molecule has 0 fully saturated rings. The Bertz CT molecular complexity index is 301. The summed E-state index contributed by atoms with van der Waals surface area (Å²) in [5.74, 6) is 0. The Balaban J connectivity index is 3.15. The Hall–Kier alpha value is -0.0900. The van der Waals surface area contributed by atoms with E-state index in [1.807, 2.05) is 0 Å². The molecule has 60 valence electrons. The summed E-state index contributed by atoms with van der Waals surface area (Å²) in [5.41, 5.74) is 0. The molecule has 1 atom stereocenters. The van der Waals surface area contributed by atoms with Crippen LogP contribution in [0.5, 0.6) is 0 Å². The van der Waals surface area contributed by atoms with Gasteiger partial charge in [0, 0.05) is 0 Å². The molecule has 1 aromatic carbocycles. The molecule has 1 N–H and O–H groups in total. The average molecular weight is 211 g/mol. The molecule has 11 heavy (non-hydrogen) atoms. The first-order valence-corrected chi connectivity index (χ1v) is 4.53. The molecule has 0 bridgehead atoms. The normalized spacial score (nSPS) is 13.0. The van der Waals surface area contributed by atoms with Crippen molar-refractivity contribution in [3.63, 3.8) is 0 Å². The van der Waals surface area contributed by atoms with Crippen molar-refractivity contribution in [3.05, 3.63) is 28.2 Å². The van der Waals surface area contributed by atoms with E-state index in [1.54, 1.807) is 0 Å². The molecule has 0 aliphatic heterocycles. The summed E-state index contributed by atoms with van der Waals surface area (Å²) in [6, 6.07) is 4.29. The summed E-state index contributed by atoms with van der Waals surface area (Å²) in [6.07, 6.45) is 0. The van der Waals surface area contributed by atoms with E-state index in [-0.39, 0.29) is 9.92 Å². The van der Waals surface area contributed by atoms with Crippen molar-refractivity contribution in [1.29, 1.82) is 0 Å². The Kier molecular flexibility index (Phi) is 2.90. The van der Waals surface area contributed by atoms with Gasteiger partial charge in [-0.25, -0.2) is 4.21 Å². The first-order valence-electron chi connectivity index (χ1n) is 2.67. The summed E-state index contributed by atoms with van der Waals surface area (Å²) in [7, 11) is 0. The summed E-state index contributed by atoms with van der Waals surface area (Å²) >= 11 is 9.16. The number of hydrogen-bond donors (Lipinski definition) is 1. The van der Waals surface area contributed by atoms with E-state index in [1.165, 1.54) is 18.2 Å². The van der Waals surface area contributed by atoms with Crippen molar-refractivity contribution in [2.45, 2.75) is 4.90 Å². The van der Waals surface area contributed by atoms with Crippen LogP contribution >= 0.6 is 23.2 Å². The van der Waals surface area contributed by atoms with Gasteiger partial charge in [0.15, 0.2) is 11.1 Å². The summed E-state index contributed by atoms with van der Waals surface area (Å²) in [6.45, 7) is 0. The zero-order valence-electron chi connectivity index (χ0n) is 5.25. The van der Waals surface area contributed by atoms with Crippen molar-refractivity contribution < 1.29 is 8.76 Å². The van der Waals surface area contributed by atoms with Crippen molar-refractivity contribution >= 4 is 34.3 Å². The quantitative estimate of drug-likeness (QED) is 0.724. The maximum absolute atomic E-state index is 10.5. The van der Waals surface area contributed by atoms with Gasteiger partial charge in [-0.15, -0.1) is 0 Å². The highest BCUT2D eigenvalue weighted by atomic mass is 35.5. The third kappa shape index (κ3) is 2.17. The van der Waals surface area contributed by atoms with Gasteiger partial charge in [0.25, 0.3) is 0 Å². The van der Waals surface area contributed by atoms with E-state index in [0.717, 1.165) is 0 Å². The second kappa shape index (κ2) is 3.54. The lowest BCUT2D eigenvalue weighted by Crippen LogP contribution is -1.86. The fourth-order valence-electron chi connectivity index (χ4n) is 0.585. The monoisotopic (exact) mass is 210 g/mol. The van der Waals surface area contributed by atoms with Gasteiger partial charge in [0.1, 0.15) is 0 Å². The molecule has 1 aromatic rings. The van der Waals surface area contributed by atoms with Crippen molar-refractivity contribution in [3.8, 4) is 0 Å². The molecule has 1 rings (SSSR count). The highest BCUT2D eigenvalue weighted by Gasteiger charge is 2.02. The van der Waals surface area contributed by atoms with Crippen LogP contribution in [0.3, 0.4) is 0 Å². The van der Waals surface area contributed by atoms with Crippen LogP contribution in [-0.4, -0.2) is 8.76 Å². The molecule has 0 saturated heterocycles. The van der Waals surface area contributed by atoms with E-state index in [2.05, 4.69) is 0 Å². The van der Waals surface area contributed by atoms with E-state index in [4.69, 9.17) is 27.8 Å². The standard InChI is InChI=1S/C6H4Cl2O2S/c7-5-2-1-4(11(9)10)3-6(5)8/h1-3H,(H,9,10). The van der Waals surface area contributed by atoms with E-state index >= 15 is 0 Å². The molecule has 2 nitrogen and oxygen atoms in total. The molecule has 5 heteroatoms. The largest absolute Gasteiger partial charge is 0.302 e. The highest BCUT2D eigenvalue weighted by Crippen LogP contribution is 2.23. The molecular formula is C6H4Cl2O2S. The second-order valence-electron chi connectivity index (χ2n) is 1.83. The maximum atomic E-state index is 10.5. The SMILES string of the molecule is O=S(O)c1ccc(Cl)c(Cl)c1. The van der Waals surface area contributed by atoms with Crippen LogP contribution in [0.2, 0.25) is 10.0 Å². The van der Waals surface area contributed by atoms with Crippen molar-refractivity contribution in [2.24, 2.45) is 0 Å². The van der Waals surface area contributed by atoms with Gasteiger partial charge >= 0.3 is 0 Å². The van der Waals surface area contributed by atoms with E-state index in [9.17, 15) is 4.21 Å². The van der Waals surface area contributed by atoms with Crippen LogP contribution in [0.1, 0.15) is 0 Å². The number of rotatable bonds is 1. The predicted octanol–water partition coefficient (Wildman–Crippen LogP) is 2.57. The van der Waals surface area contributed by atoms with Crippen molar-refractivity contribution in [1.82, 2.24) is 0 Å². The van der Waals surface area contributed by atoms with Gasteiger partial charge in [-0.05, 0) is 18.2 Å². The van der Waals surface area contributed by atoms with Gasteiger partial charge in [0.05, 0.1) is 14.9 Å². The zero-order valence-corrected chi connectivity index (χ0v) is 7.58. The number of halogens is 2. The zero-order chi connectivity index (χ0) is 8.43. The van der Waals surface area contributed by atoms with Crippen molar-refractivity contribution in [2.75, 3.05) is 0 Å². The van der Waals surface area contributed by atoms with Crippen LogP contribution in [0.15, 0.2) is 23.1 Å². The molecule has 0 amide bonds. The third-order valence-electron chi connectivity index (χ3n) is 1.09. The minimum atomic E-state index is -1.99. The van der Waals surface area contributed by atoms with Gasteiger partial charge in [-0.2, -0.15) is 0 Å². The summed E-state index contributed by atoms with van der Waals surface area (Å²) < 4.78 is 19.1. The van der Waals surface area contributed by atoms with Crippen LogP contribution in [0, 0.1) is 0 Å². The van der Waals surface area contributed by atoms with Gasteiger partial charge in [0.2, 0.25) is 0 Å². The Morgan fingerprint density at radius 1 is 1.27 bits per heavy atom. The minimum Gasteiger partial charge on any atom is -0.302 e. The fourth-order valence-corrected chi connectivity index (χ4v) is 1.35. The van der Waals surface area contributed by atoms with Gasteiger partial charge in [-0.1, -0.05) is 23.2 Å². The van der Waals surface area contributed by atoms with E-state index < -0.39 is 11.1 Å². The molecular weight excluding hydrogens is 207 g/mol.